The molecule has 0 aliphatic carbocycles. The average molecular weight is 565 g/mol. The molecule has 2 aliphatic heterocycles. The van der Waals surface area contributed by atoms with E-state index in [1.165, 1.54) is 0 Å². The molecule has 14 heteroatoms. The molecule has 1 aromatic rings. The lowest BCUT2D eigenvalue weighted by Crippen LogP contribution is -2.58. The van der Waals surface area contributed by atoms with Crippen LogP contribution in [0.4, 0.5) is 18.9 Å². The van der Waals surface area contributed by atoms with E-state index in [2.05, 4.69) is 16.0 Å². The summed E-state index contributed by atoms with van der Waals surface area (Å²) in [6.07, 6.45) is -0.0962. The Morgan fingerprint density at radius 2 is 2.08 bits per heavy atom. The van der Waals surface area contributed by atoms with Gasteiger partial charge in [0.25, 0.3) is 5.92 Å². The summed E-state index contributed by atoms with van der Waals surface area (Å²) in [4.78, 5) is 39.0. The number of anilines is 1. The first-order valence-electron chi connectivity index (χ1n) is 11.6. The minimum Gasteiger partial charge on any atom is -0.376 e. The van der Waals surface area contributed by atoms with Gasteiger partial charge in [-0.05, 0) is 37.1 Å². The summed E-state index contributed by atoms with van der Waals surface area (Å²) in [5, 5.41) is 6.69. The molecule has 3 N–H and O–H groups in total. The number of hydrogen-bond donors (Lipinski definition) is 3. The molecule has 2 saturated heterocycles. The van der Waals surface area contributed by atoms with Crippen LogP contribution in [-0.2, 0) is 24.2 Å². The predicted molar refractivity (Wildman–Crippen MR) is 131 cm³/mol. The molecule has 1 aromatic carbocycles. The molecule has 2 fully saturated rings. The van der Waals surface area contributed by atoms with E-state index in [1.54, 1.807) is 24.3 Å². The van der Waals surface area contributed by atoms with Crippen molar-refractivity contribution in [2.45, 2.75) is 43.7 Å². The summed E-state index contributed by atoms with van der Waals surface area (Å²) in [6.45, 7) is -0.340. The van der Waals surface area contributed by atoms with Crippen molar-refractivity contribution in [3.8, 4) is 0 Å². The second-order valence-electron chi connectivity index (χ2n) is 9.15. The SMILES string of the molecule is CS(=O)(=O)/C(F)=C/[C@H](C[C@@H]1CCNC1=O)NC(=O)[C@@H]1CC(F)(F)CCN1C(=O)CNc1cccc(Cl)c1. The average Bonchev–Trinajstić information content (AvgIpc) is 3.20. The molecule has 0 radical (unpaired) electrons. The van der Waals surface area contributed by atoms with Gasteiger partial charge in [0.05, 0.1) is 12.6 Å². The van der Waals surface area contributed by atoms with E-state index in [0.29, 0.717) is 36.0 Å². The third kappa shape index (κ3) is 8.09. The number of alkyl halides is 2. The third-order valence-electron chi connectivity index (χ3n) is 6.19. The number of likely N-dealkylation sites (tertiary alicyclic amines) is 1. The highest BCUT2D eigenvalue weighted by Crippen LogP contribution is 2.32. The summed E-state index contributed by atoms with van der Waals surface area (Å²) in [5.74, 6) is -5.84. The van der Waals surface area contributed by atoms with Crippen LogP contribution in [0.2, 0.25) is 5.02 Å². The fourth-order valence-electron chi connectivity index (χ4n) is 4.25. The van der Waals surface area contributed by atoms with Crippen LogP contribution in [0.3, 0.4) is 0 Å². The predicted octanol–water partition coefficient (Wildman–Crippen LogP) is 2.24. The van der Waals surface area contributed by atoms with Gasteiger partial charge in [-0.3, -0.25) is 14.4 Å². The largest absolute Gasteiger partial charge is 0.376 e. The molecule has 0 unspecified atom stereocenters. The molecule has 0 spiro atoms. The fraction of sp³-hybridized carbons (Fsp3) is 0.522. The molecular weight excluding hydrogens is 537 g/mol. The molecule has 2 heterocycles. The summed E-state index contributed by atoms with van der Waals surface area (Å²) < 4.78 is 66.0. The highest BCUT2D eigenvalue weighted by Gasteiger charge is 2.45. The van der Waals surface area contributed by atoms with Gasteiger partial charge in [0.15, 0.2) is 0 Å². The number of piperidine rings is 1. The lowest BCUT2D eigenvalue weighted by Gasteiger charge is -2.39. The second-order valence-corrected chi connectivity index (χ2v) is 11.5. The van der Waals surface area contributed by atoms with Gasteiger partial charge in [0, 0.05) is 48.8 Å². The van der Waals surface area contributed by atoms with Gasteiger partial charge in [-0.15, -0.1) is 0 Å². The van der Waals surface area contributed by atoms with Crippen molar-refractivity contribution in [3.63, 3.8) is 0 Å². The molecule has 2 aliphatic rings. The highest BCUT2D eigenvalue weighted by atomic mass is 35.5. The van der Waals surface area contributed by atoms with E-state index in [-0.39, 0.29) is 18.9 Å². The van der Waals surface area contributed by atoms with Crippen LogP contribution in [-0.4, -0.2) is 74.9 Å². The van der Waals surface area contributed by atoms with Crippen molar-refractivity contribution >= 4 is 44.8 Å². The summed E-state index contributed by atoms with van der Waals surface area (Å²) in [5.41, 5.74) is 0.514. The van der Waals surface area contributed by atoms with Gasteiger partial charge in [-0.25, -0.2) is 17.2 Å². The van der Waals surface area contributed by atoms with Crippen LogP contribution in [0.15, 0.2) is 35.5 Å². The molecule has 0 aromatic heterocycles. The maximum Gasteiger partial charge on any atom is 0.252 e. The van der Waals surface area contributed by atoms with Gasteiger partial charge in [0.2, 0.25) is 32.7 Å². The molecule has 37 heavy (non-hydrogen) atoms. The monoisotopic (exact) mass is 564 g/mol. The number of nitrogens with one attached hydrogen (secondary N) is 3. The molecule has 0 bridgehead atoms. The van der Waals surface area contributed by atoms with Crippen LogP contribution in [0.25, 0.3) is 0 Å². The molecule has 3 amide bonds. The van der Waals surface area contributed by atoms with Crippen molar-refractivity contribution in [3.05, 3.63) is 40.5 Å². The zero-order chi connectivity index (χ0) is 27.4. The van der Waals surface area contributed by atoms with Gasteiger partial charge < -0.3 is 20.9 Å². The number of nitrogens with zero attached hydrogens (tertiary/aromatic N) is 1. The van der Waals surface area contributed by atoms with Crippen molar-refractivity contribution in [2.24, 2.45) is 5.92 Å². The van der Waals surface area contributed by atoms with Crippen molar-refractivity contribution in [2.75, 3.05) is 31.2 Å². The number of carbonyl (C=O) groups excluding carboxylic acids is 3. The van der Waals surface area contributed by atoms with Gasteiger partial charge >= 0.3 is 0 Å². The Morgan fingerprint density at radius 1 is 1.35 bits per heavy atom. The van der Waals surface area contributed by atoms with Crippen LogP contribution < -0.4 is 16.0 Å². The molecule has 3 atom stereocenters. The number of benzene rings is 1. The van der Waals surface area contributed by atoms with E-state index in [0.717, 1.165) is 4.90 Å². The van der Waals surface area contributed by atoms with Crippen molar-refractivity contribution in [1.82, 2.24) is 15.5 Å². The molecule has 3 rings (SSSR count). The first kappa shape index (κ1) is 28.8. The normalized spacial score (nSPS) is 22.8. The van der Waals surface area contributed by atoms with E-state index < -0.39 is 70.1 Å². The first-order valence-corrected chi connectivity index (χ1v) is 13.8. The Kier molecular flexibility index (Phi) is 9.11. The number of carbonyl (C=O) groups is 3. The second kappa shape index (κ2) is 11.7. The minimum absolute atomic E-state index is 0.145. The number of hydrogen-bond acceptors (Lipinski definition) is 6. The maximum atomic E-state index is 14.3. The lowest BCUT2D eigenvalue weighted by molar-refractivity contribution is -0.151. The van der Waals surface area contributed by atoms with Crippen molar-refractivity contribution < 1.29 is 36.0 Å². The van der Waals surface area contributed by atoms with Crippen LogP contribution in [0.5, 0.6) is 0 Å². The summed E-state index contributed by atoms with van der Waals surface area (Å²) in [7, 11) is -4.24. The molecule has 0 saturated carbocycles. The van der Waals surface area contributed by atoms with Gasteiger partial charge in [-0.1, -0.05) is 17.7 Å². The fourth-order valence-corrected chi connectivity index (χ4v) is 4.85. The van der Waals surface area contributed by atoms with Crippen LogP contribution in [0, 0.1) is 5.92 Å². The topological polar surface area (TPSA) is 125 Å². The van der Waals surface area contributed by atoms with Crippen LogP contribution >= 0.6 is 11.6 Å². The minimum atomic E-state index is -4.24. The Hall–Kier alpha value is -2.80. The Bertz CT molecular complexity index is 1180. The highest BCUT2D eigenvalue weighted by molar-refractivity contribution is 7.94. The van der Waals surface area contributed by atoms with E-state index in [1.807, 2.05) is 0 Å². The smallest absolute Gasteiger partial charge is 0.252 e. The first-order chi connectivity index (χ1) is 17.2. The molecule has 9 nitrogen and oxygen atoms in total. The number of halogens is 4. The standard InChI is InChI=1S/C23H28ClF3N4O5S/c1-37(35,36)19(25)11-17(9-14-5-7-28-21(14)33)30-22(34)18-12-23(26,27)6-8-31(18)20(32)13-29-16-4-2-3-15(24)10-16/h2-4,10-11,14,17-18,29H,5-9,12-13H2,1H3,(H,28,33)(H,30,34)/b19-11+/t14-,17-,18-/m0/s1. The third-order valence-corrected chi connectivity index (χ3v) is 7.27. The van der Waals surface area contributed by atoms with Crippen LogP contribution in [0.1, 0.15) is 25.7 Å². The van der Waals surface area contributed by atoms with E-state index >= 15 is 0 Å². The number of amides is 3. The summed E-state index contributed by atoms with van der Waals surface area (Å²) >= 11 is 5.92. The zero-order valence-corrected chi connectivity index (χ0v) is 21.5. The lowest BCUT2D eigenvalue weighted by atomic mass is 9.95. The van der Waals surface area contributed by atoms with E-state index in [4.69, 9.17) is 11.6 Å². The number of rotatable bonds is 9. The Morgan fingerprint density at radius 3 is 2.70 bits per heavy atom. The Balaban J connectivity index is 1.78. The molecule has 204 valence electrons. The van der Waals surface area contributed by atoms with Crippen molar-refractivity contribution in [1.29, 1.82) is 0 Å². The molecular formula is C23H28ClF3N4O5S. The number of sulfone groups is 1. The zero-order valence-electron chi connectivity index (χ0n) is 20.0. The maximum absolute atomic E-state index is 14.3. The summed E-state index contributed by atoms with van der Waals surface area (Å²) in [6, 6.07) is 3.63. The van der Waals surface area contributed by atoms with Gasteiger partial charge in [0.1, 0.15) is 6.04 Å². The Labute approximate surface area is 217 Å². The van der Waals surface area contributed by atoms with Gasteiger partial charge in [-0.2, -0.15) is 4.39 Å². The quantitative estimate of drug-likeness (QED) is 0.423. The van der Waals surface area contributed by atoms with E-state index in [9.17, 15) is 36.0 Å².